The molecule has 0 aromatic carbocycles. The molecule has 0 unspecified atom stereocenters. The number of hydrogen-bond acceptors (Lipinski definition) is 2. The van der Waals surface area contributed by atoms with Gasteiger partial charge >= 0.3 is 6.09 Å². The summed E-state index contributed by atoms with van der Waals surface area (Å²) < 4.78 is 5.40. The number of hydrogen-bond donors (Lipinski definition) is 1. The van der Waals surface area contributed by atoms with Gasteiger partial charge in [-0.05, 0) is 51.9 Å². The van der Waals surface area contributed by atoms with Crippen LogP contribution in [0.3, 0.4) is 0 Å². The molecule has 2 aliphatic rings. The minimum atomic E-state index is -0.409. The highest BCUT2D eigenvalue weighted by Gasteiger charge is 2.57. The van der Waals surface area contributed by atoms with Crippen molar-refractivity contribution in [2.24, 2.45) is 5.41 Å². The maximum Gasteiger partial charge on any atom is 0.408 e. The molecule has 0 heterocycles. The maximum absolute atomic E-state index is 12.0. The molecule has 1 N–H and O–H groups in total. The van der Waals surface area contributed by atoms with E-state index < -0.39 is 5.60 Å². The molecule has 3 nitrogen and oxygen atoms in total. The van der Waals surface area contributed by atoms with Gasteiger partial charge in [0.2, 0.25) is 0 Å². The Morgan fingerprint density at radius 3 is 2.06 bits per heavy atom. The summed E-state index contributed by atoms with van der Waals surface area (Å²) in [6, 6.07) is 0. The van der Waals surface area contributed by atoms with Crippen LogP contribution in [0.25, 0.3) is 0 Å². The van der Waals surface area contributed by atoms with Gasteiger partial charge in [-0.1, -0.05) is 26.2 Å². The highest BCUT2D eigenvalue weighted by Crippen LogP contribution is 2.56. The van der Waals surface area contributed by atoms with E-state index in [1.165, 1.54) is 32.1 Å². The van der Waals surface area contributed by atoms with Crippen molar-refractivity contribution in [3.05, 3.63) is 0 Å². The van der Waals surface area contributed by atoms with Gasteiger partial charge in [0.05, 0.1) is 0 Å². The van der Waals surface area contributed by atoms with Gasteiger partial charge in [-0.3, -0.25) is 0 Å². The number of amides is 1. The van der Waals surface area contributed by atoms with E-state index in [0.717, 1.165) is 12.8 Å². The Morgan fingerprint density at radius 1 is 1.06 bits per heavy atom. The predicted molar refractivity (Wildman–Crippen MR) is 72.5 cm³/mol. The van der Waals surface area contributed by atoms with Gasteiger partial charge in [-0.25, -0.2) is 4.79 Å². The van der Waals surface area contributed by atoms with Crippen LogP contribution in [0, 0.1) is 5.41 Å². The van der Waals surface area contributed by atoms with Crippen LogP contribution >= 0.6 is 0 Å². The van der Waals surface area contributed by atoms with Crippen molar-refractivity contribution in [2.45, 2.75) is 83.8 Å². The van der Waals surface area contributed by atoms with E-state index in [2.05, 4.69) is 12.2 Å². The number of ether oxygens (including phenoxy) is 1. The molecule has 0 bridgehead atoms. The zero-order valence-electron chi connectivity index (χ0n) is 12.3. The van der Waals surface area contributed by atoms with Crippen molar-refractivity contribution < 1.29 is 9.53 Å². The normalized spacial score (nSPS) is 25.3. The van der Waals surface area contributed by atoms with E-state index in [9.17, 15) is 4.79 Å². The summed E-state index contributed by atoms with van der Waals surface area (Å²) in [5.41, 5.74) is -0.106. The van der Waals surface area contributed by atoms with E-state index in [4.69, 9.17) is 4.74 Å². The molecule has 1 amide bonds. The fraction of sp³-hybridized carbons (Fsp3) is 0.933. The van der Waals surface area contributed by atoms with Gasteiger partial charge < -0.3 is 10.1 Å². The number of rotatable bonds is 2. The Labute approximate surface area is 111 Å². The van der Waals surface area contributed by atoms with Crippen molar-refractivity contribution >= 4 is 6.09 Å². The summed E-state index contributed by atoms with van der Waals surface area (Å²) in [6.07, 6.45) is 8.41. The van der Waals surface area contributed by atoms with Crippen LogP contribution in [0.5, 0.6) is 0 Å². The highest BCUT2D eigenvalue weighted by atomic mass is 16.6. The summed E-state index contributed by atoms with van der Waals surface area (Å²) >= 11 is 0. The van der Waals surface area contributed by atoms with E-state index in [1.54, 1.807) is 0 Å². The Hall–Kier alpha value is -0.730. The first-order chi connectivity index (χ1) is 8.27. The fourth-order valence-corrected chi connectivity index (χ4v) is 3.31. The fourth-order valence-electron chi connectivity index (χ4n) is 3.31. The summed E-state index contributed by atoms with van der Waals surface area (Å²) in [7, 11) is 0. The predicted octanol–water partition coefficient (Wildman–Crippen LogP) is 4.01. The molecule has 18 heavy (non-hydrogen) atoms. The first-order valence-corrected chi connectivity index (χ1v) is 7.28. The molecule has 2 aliphatic carbocycles. The largest absolute Gasteiger partial charge is 0.444 e. The Balaban J connectivity index is 1.97. The first-order valence-electron chi connectivity index (χ1n) is 7.28. The first kappa shape index (κ1) is 13.7. The second-order valence-electron chi connectivity index (χ2n) is 7.33. The third kappa shape index (κ3) is 2.81. The van der Waals surface area contributed by atoms with Crippen molar-refractivity contribution in [3.8, 4) is 0 Å². The minimum Gasteiger partial charge on any atom is -0.444 e. The Kier molecular flexibility index (Phi) is 3.37. The second-order valence-corrected chi connectivity index (χ2v) is 7.33. The average Bonchev–Trinajstić information content (AvgIpc) is 2.97. The smallest absolute Gasteiger partial charge is 0.408 e. The van der Waals surface area contributed by atoms with Gasteiger partial charge in [0.25, 0.3) is 0 Å². The number of carbonyl (C=O) groups excluding carboxylic acids is 1. The number of alkyl carbamates (subject to hydrolysis) is 1. The third-order valence-corrected chi connectivity index (χ3v) is 4.60. The molecular formula is C15H27NO2. The molecule has 0 aromatic heterocycles. The minimum absolute atomic E-state index is 0.0236. The van der Waals surface area contributed by atoms with E-state index in [-0.39, 0.29) is 17.0 Å². The molecule has 0 aromatic rings. The zero-order valence-corrected chi connectivity index (χ0v) is 12.3. The monoisotopic (exact) mass is 253 g/mol. The van der Waals surface area contributed by atoms with E-state index in [1.807, 2.05) is 20.8 Å². The number of nitrogens with one attached hydrogen (secondary N) is 1. The van der Waals surface area contributed by atoms with Crippen LogP contribution in [-0.4, -0.2) is 17.2 Å². The summed E-state index contributed by atoms with van der Waals surface area (Å²) in [5.74, 6) is 0. The van der Waals surface area contributed by atoms with Crippen LogP contribution in [0.2, 0.25) is 0 Å². The molecule has 0 saturated heterocycles. The summed E-state index contributed by atoms with van der Waals surface area (Å²) in [5, 5.41) is 3.17. The summed E-state index contributed by atoms with van der Waals surface area (Å²) in [6.45, 7) is 8.08. The Morgan fingerprint density at radius 2 is 1.61 bits per heavy atom. The highest BCUT2D eigenvalue weighted by molar-refractivity contribution is 5.69. The van der Waals surface area contributed by atoms with Crippen LogP contribution in [0.4, 0.5) is 4.79 Å². The third-order valence-electron chi connectivity index (χ3n) is 4.60. The Bertz CT molecular complexity index is 320. The van der Waals surface area contributed by atoms with Crippen LogP contribution in [0.15, 0.2) is 0 Å². The summed E-state index contributed by atoms with van der Waals surface area (Å²) in [4.78, 5) is 12.0. The number of carbonyl (C=O) groups is 1. The van der Waals surface area contributed by atoms with Gasteiger partial charge in [0.15, 0.2) is 0 Å². The van der Waals surface area contributed by atoms with E-state index >= 15 is 0 Å². The standard InChI is InChI=1S/C15H27NO2/c1-13(2,3)18-12(17)16-15(10-11-15)14(4)8-6-5-7-9-14/h5-11H2,1-4H3,(H,16,17). The lowest BCUT2D eigenvalue weighted by Crippen LogP contribution is -2.51. The molecule has 104 valence electrons. The lowest BCUT2D eigenvalue weighted by molar-refractivity contribution is 0.0385. The van der Waals surface area contributed by atoms with Crippen molar-refractivity contribution in [2.75, 3.05) is 0 Å². The molecule has 2 rings (SSSR count). The quantitative estimate of drug-likeness (QED) is 0.807. The van der Waals surface area contributed by atoms with Gasteiger partial charge in [-0.15, -0.1) is 0 Å². The van der Waals surface area contributed by atoms with Crippen LogP contribution in [0.1, 0.15) is 72.6 Å². The lowest BCUT2D eigenvalue weighted by Gasteiger charge is -2.42. The topological polar surface area (TPSA) is 38.3 Å². The van der Waals surface area contributed by atoms with Gasteiger partial charge in [-0.2, -0.15) is 0 Å². The molecule has 0 spiro atoms. The molecule has 3 heteroatoms. The van der Waals surface area contributed by atoms with Crippen molar-refractivity contribution in [1.82, 2.24) is 5.32 Å². The molecular weight excluding hydrogens is 226 g/mol. The molecule has 0 atom stereocenters. The molecule has 0 radical (unpaired) electrons. The second kappa shape index (κ2) is 4.43. The molecule has 0 aliphatic heterocycles. The van der Waals surface area contributed by atoms with Crippen LogP contribution in [-0.2, 0) is 4.74 Å². The maximum atomic E-state index is 12.0. The SMILES string of the molecule is CC(C)(C)OC(=O)NC1(C2(C)CCCCC2)CC1. The zero-order chi connectivity index (χ0) is 13.4. The van der Waals surface area contributed by atoms with Crippen molar-refractivity contribution in [1.29, 1.82) is 0 Å². The van der Waals surface area contributed by atoms with Crippen molar-refractivity contribution in [3.63, 3.8) is 0 Å². The van der Waals surface area contributed by atoms with Gasteiger partial charge in [0.1, 0.15) is 5.60 Å². The molecule has 2 saturated carbocycles. The lowest BCUT2D eigenvalue weighted by atomic mass is 9.69. The van der Waals surface area contributed by atoms with Crippen LogP contribution < -0.4 is 5.32 Å². The van der Waals surface area contributed by atoms with E-state index in [0.29, 0.717) is 0 Å². The van der Waals surface area contributed by atoms with Gasteiger partial charge in [0, 0.05) is 5.54 Å². The average molecular weight is 253 g/mol. The molecule has 2 fully saturated rings.